The van der Waals surface area contributed by atoms with Gasteiger partial charge in [0, 0.05) is 21.8 Å². The molecule has 2 N–H and O–H groups in total. The van der Waals surface area contributed by atoms with E-state index in [0.717, 1.165) is 0 Å². The molecule has 2 aromatic carbocycles. The van der Waals surface area contributed by atoms with E-state index in [-0.39, 0.29) is 11.6 Å². The highest BCUT2D eigenvalue weighted by Gasteiger charge is 2.18. The number of benzene rings is 2. The SMILES string of the molecule is Cc1cc(F)cc(C)c1C(=O)c1cc(Cl)ccc1N. The molecule has 0 fully saturated rings. The highest BCUT2D eigenvalue weighted by molar-refractivity contribution is 6.31. The maximum Gasteiger partial charge on any atom is 0.195 e. The zero-order chi connectivity index (χ0) is 14.2. The number of hydrogen-bond donors (Lipinski definition) is 1. The Balaban J connectivity index is 2.59. The smallest absolute Gasteiger partial charge is 0.195 e. The van der Waals surface area contributed by atoms with Gasteiger partial charge in [-0.2, -0.15) is 0 Å². The maximum atomic E-state index is 13.3. The standard InChI is InChI=1S/C15H13ClFNO/c1-8-5-11(17)6-9(2)14(8)15(19)12-7-10(16)3-4-13(12)18/h3-7H,18H2,1-2H3. The van der Waals surface area contributed by atoms with Crippen molar-refractivity contribution < 1.29 is 9.18 Å². The Morgan fingerprint density at radius 2 is 1.74 bits per heavy atom. The molecule has 0 atom stereocenters. The van der Waals surface area contributed by atoms with Crippen LogP contribution in [0.3, 0.4) is 0 Å². The molecule has 0 aliphatic carbocycles. The predicted octanol–water partition coefficient (Wildman–Crippen LogP) is 3.91. The number of carbonyl (C=O) groups is 1. The molecule has 0 bridgehead atoms. The third-order valence-corrected chi connectivity index (χ3v) is 3.22. The monoisotopic (exact) mass is 277 g/mol. The molecule has 98 valence electrons. The first-order valence-electron chi connectivity index (χ1n) is 5.76. The fraction of sp³-hybridized carbons (Fsp3) is 0.133. The summed E-state index contributed by atoms with van der Waals surface area (Å²) in [5.41, 5.74) is 8.14. The highest BCUT2D eigenvalue weighted by Crippen LogP contribution is 2.25. The average Bonchev–Trinajstić information content (AvgIpc) is 2.30. The lowest BCUT2D eigenvalue weighted by Gasteiger charge is -2.11. The zero-order valence-electron chi connectivity index (χ0n) is 10.6. The lowest BCUT2D eigenvalue weighted by Crippen LogP contribution is -2.09. The molecule has 2 nitrogen and oxygen atoms in total. The Bertz CT molecular complexity index is 644. The maximum absolute atomic E-state index is 13.3. The van der Waals surface area contributed by atoms with Crippen LogP contribution in [0, 0.1) is 19.7 Å². The summed E-state index contributed by atoms with van der Waals surface area (Å²) in [5.74, 6) is -0.597. The molecule has 2 aromatic rings. The van der Waals surface area contributed by atoms with Crippen molar-refractivity contribution in [3.8, 4) is 0 Å². The second-order valence-electron chi connectivity index (χ2n) is 4.48. The van der Waals surface area contributed by atoms with Crippen LogP contribution in [0.15, 0.2) is 30.3 Å². The van der Waals surface area contributed by atoms with E-state index in [0.29, 0.717) is 33.0 Å². The van der Waals surface area contributed by atoms with Crippen LogP contribution in [0.25, 0.3) is 0 Å². The molecular formula is C15H13ClFNO. The Morgan fingerprint density at radius 3 is 2.32 bits per heavy atom. The molecule has 0 spiro atoms. The average molecular weight is 278 g/mol. The van der Waals surface area contributed by atoms with Crippen LogP contribution in [-0.2, 0) is 0 Å². The Morgan fingerprint density at radius 1 is 1.16 bits per heavy atom. The summed E-state index contributed by atoms with van der Waals surface area (Å²) in [5, 5.41) is 0.440. The fourth-order valence-corrected chi connectivity index (χ4v) is 2.30. The third kappa shape index (κ3) is 2.61. The number of carbonyl (C=O) groups excluding carboxylic acids is 1. The van der Waals surface area contributed by atoms with Crippen molar-refractivity contribution in [3.63, 3.8) is 0 Å². The summed E-state index contributed by atoms with van der Waals surface area (Å²) >= 11 is 5.89. The van der Waals surface area contributed by atoms with Crippen molar-refractivity contribution in [1.82, 2.24) is 0 Å². The van der Waals surface area contributed by atoms with Crippen LogP contribution in [0.2, 0.25) is 5.02 Å². The summed E-state index contributed by atoms with van der Waals surface area (Å²) in [6, 6.07) is 7.41. The highest BCUT2D eigenvalue weighted by atomic mass is 35.5. The van der Waals surface area contributed by atoms with Gasteiger partial charge in [0.05, 0.1) is 0 Å². The third-order valence-electron chi connectivity index (χ3n) is 2.98. The van der Waals surface area contributed by atoms with Gasteiger partial charge in [-0.3, -0.25) is 4.79 Å². The van der Waals surface area contributed by atoms with Gasteiger partial charge in [0.25, 0.3) is 0 Å². The Hall–Kier alpha value is -1.87. The second-order valence-corrected chi connectivity index (χ2v) is 4.91. The summed E-state index contributed by atoms with van der Waals surface area (Å²) in [4.78, 5) is 12.5. The molecule has 0 amide bonds. The number of anilines is 1. The van der Waals surface area contributed by atoms with E-state index >= 15 is 0 Å². The molecule has 19 heavy (non-hydrogen) atoms. The van der Waals surface area contributed by atoms with Gasteiger partial charge in [-0.05, 0) is 55.3 Å². The Labute approximate surface area is 116 Å². The molecule has 0 aromatic heterocycles. The van der Waals surface area contributed by atoms with Crippen LogP contribution < -0.4 is 5.73 Å². The van der Waals surface area contributed by atoms with E-state index in [1.807, 2.05) is 0 Å². The molecule has 0 saturated carbocycles. The number of nitrogen functional groups attached to an aromatic ring is 1. The molecule has 0 aliphatic rings. The summed E-state index contributed by atoms with van der Waals surface area (Å²) in [6.07, 6.45) is 0. The second kappa shape index (κ2) is 5.02. The van der Waals surface area contributed by atoms with E-state index in [4.69, 9.17) is 17.3 Å². The molecule has 2 rings (SSSR count). The van der Waals surface area contributed by atoms with Gasteiger partial charge >= 0.3 is 0 Å². The first-order valence-corrected chi connectivity index (χ1v) is 6.14. The molecule has 0 saturated heterocycles. The van der Waals surface area contributed by atoms with E-state index in [1.54, 1.807) is 26.0 Å². The minimum absolute atomic E-state index is 0.241. The van der Waals surface area contributed by atoms with Crippen molar-refractivity contribution >= 4 is 23.1 Å². The quantitative estimate of drug-likeness (QED) is 0.668. The van der Waals surface area contributed by atoms with Crippen LogP contribution in [-0.4, -0.2) is 5.78 Å². The van der Waals surface area contributed by atoms with Gasteiger partial charge in [-0.1, -0.05) is 11.6 Å². The minimum atomic E-state index is -0.356. The summed E-state index contributed by atoms with van der Waals surface area (Å²) in [6.45, 7) is 3.40. The molecular weight excluding hydrogens is 265 g/mol. The largest absolute Gasteiger partial charge is 0.398 e. The van der Waals surface area contributed by atoms with E-state index < -0.39 is 0 Å². The van der Waals surface area contributed by atoms with Gasteiger partial charge in [0.1, 0.15) is 5.82 Å². The molecule has 0 radical (unpaired) electrons. The van der Waals surface area contributed by atoms with Gasteiger partial charge in [0.15, 0.2) is 5.78 Å². The number of hydrogen-bond acceptors (Lipinski definition) is 2. The number of halogens is 2. The first-order chi connectivity index (χ1) is 8.90. The normalized spacial score (nSPS) is 10.5. The fourth-order valence-electron chi connectivity index (χ4n) is 2.13. The van der Waals surface area contributed by atoms with Gasteiger partial charge in [0.2, 0.25) is 0 Å². The zero-order valence-corrected chi connectivity index (χ0v) is 11.4. The topological polar surface area (TPSA) is 43.1 Å². The van der Waals surface area contributed by atoms with Crippen molar-refractivity contribution in [2.24, 2.45) is 0 Å². The minimum Gasteiger partial charge on any atom is -0.398 e. The predicted molar refractivity (Wildman–Crippen MR) is 75.2 cm³/mol. The number of rotatable bonds is 2. The summed E-state index contributed by atoms with van der Waals surface area (Å²) < 4.78 is 13.3. The molecule has 4 heteroatoms. The van der Waals surface area contributed by atoms with Gasteiger partial charge in [-0.25, -0.2) is 4.39 Å². The molecule has 0 heterocycles. The lowest BCUT2D eigenvalue weighted by atomic mass is 9.94. The van der Waals surface area contributed by atoms with Crippen molar-refractivity contribution in [2.45, 2.75) is 13.8 Å². The molecule has 0 unspecified atom stereocenters. The van der Waals surface area contributed by atoms with Crippen molar-refractivity contribution in [1.29, 1.82) is 0 Å². The number of nitrogens with two attached hydrogens (primary N) is 1. The number of aryl methyl sites for hydroxylation is 2. The van der Waals surface area contributed by atoms with Gasteiger partial charge < -0.3 is 5.73 Å². The van der Waals surface area contributed by atoms with Crippen LogP contribution in [0.4, 0.5) is 10.1 Å². The first kappa shape index (κ1) is 13.6. The number of ketones is 1. The van der Waals surface area contributed by atoms with Crippen molar-refractivity contribution in [2.75, 3.05) is 5.73 Å². The lowest BCUT2D eigenvalue weighted by molar-refractivity contribution is 0.103. The van der Waals surface area contributed by atoms with Gasteiger partial charge in [-0.15, -0.1) is 0 Å². The Kier molecular flexibility index (Phi) is 3.58. The van der Waals surface area contributed by atoms with Crippen molar-refractivity contribution in [3.05, 3.63) is 63.4 Å². The van der Waals surface area contributed by atoms with E-state index in [1.165, 1.54) is 18.2 Å². The van der Waals surface area contributed by atoms with Crippen LogP contribution in [0.5, 0.6) is 0 Å². The summed E-state index contributed by atoms with van der Waals surface area (Å²) in [7, 11) is 0. The van der Waals surface area contributed by atoms with Crippen LogP contribution in [0.1, 0.15) is 27.0 Å². The van der Waals surface area contributed by atoms with Crippen LogP contribution >= 0.6 is 11.6 Å². The molecule has 0 aliphatic heterocycles. The van der Waals surface area contributed by atoms with E-state index in [9.17, 15) is 9.18 Å². The van der Waals surface area contributed by atoms with E-state index in [2.05, 4.69) is 0 Å².